The predicted octanol–water partition coefficient (Wildman–Crippen LogP) is -0.142. The Bertz CT molecular complexity index is 158. The van der Waals surface area contributed by atoms with Crippen LogP contribution in [0.4, 0.5) is 8.78 Å². The molecule has 3 fully saturated rings. The number of alkyl halides is 2. The lowest BCUT2D eigenvalue weighted by Gasteiger charge is -2.70. The molecule has 0 amide bonds. The maximum atomic E-state index is 12.4. The quantitative estimate of drug-likeness (QED) is 0.485. The summed E-state index contributed by atoms with van der Waals surface area (Å²) in [5.41, 5.74) is 2.05. The minimum atomic E-state index is -3.01. The summed E-state index contributed by atoms with van der Waals surface area (Å²) >= 11 is 0. The van der Waals surface area contributed by atoms with Gasteiger partial charge in [0.15, 0.2) is 0 Å². The van der Waals surface area contributed by atoms with Crippen LogP contribution in [0.25, 0.3) is 0 Å². The molecule has 0 saturated heterocycles. The summed E-state index contributed by atoms with van der Waals surface area (Å²) in [5.74, 6) is -3.01. The number of nitrogens with two attached hydrogens (primary N) is 1. The molecule has 2 bridgehead atoms. The molecule has 0 unspecified atom stereocenters. The molecule has 2 nitrogen and oxygen atoms in total. The van der Waals surface area contributed by atoms with Crippen molar-refractivity contribution in [3.8, 4) is 0 Å². The van der Waals surface area contributed by atoms with Crippen molar-refractivity contribution in [1.29, 1.82) is 0 Å². The van der Waals surface area contributed by atoms with E-state index < -0.39 is 17.1 Å². The summed E-state index contributed by atoms with van der Waals surface area (Å²) < 4.78 is 24.8. The van der Waals surface area contributed by atoms with Crippen molar-refractivity contribution in [2.24, 2.45) is 5.73 Å². The van der Waals surface area contributed by atoms with E-state index in [1.54, 1.807) is 0 Å². The largest absolute Gasteiger partial charge is 0.383 e. The fraction of sp³-hybridized carbons (Fsp3) is 1.00. The minimum Gasteiger partial charge on any atom is -0.383 e. The molecule has 0 spiro atoms. The molecule has 0 aromatic rings. The fourth-order valence-corrected chi connectivity index (χ4v) is 1.69. The highest BCUT2D eigenvalue weighted by Gasteiger charge is 2.87. The van der Waals surface area contributed by atoms with Gasteiger partial charge in [-0.3, -0.25) is 0 Å². The SMILES string of the molecule is NC12CC(O)(C1)C2(F)F. The van der Waals surface area contributed by atoms with Gasteiger partial charge in [-0.05, 0) is 0 Å². The molecule has 3 saturated carbocycles. The van der Waals surface area contributed by atoms with E-state index >= 15 is 0 Å². The third-order valence-corrected chi connectivity index (χ3v) is 2.43. The second-order valence-electron chi connectivity index (χ2n) is 3.12. The lowest BCUT2D eigenvalue weighted by molar-refractivity contribution is -0.389. The first kappa shape index (κ1) is 5.56. The fourth-order valence-electron chi connectivity index (χ4n) is 1.69. The maximum absolute atomic E-state index is 12.4. The topological polar surface area (TPSA) is 46.2 Å². The van der Waals surface area contributed by atoms with Crippen LogP contribution in [-0.2, 0) is 0 Å². The van der Waals surface area contributed by atoms with Crippen LogP contribution in [0.5, 0.6) is 0 Å². The minimum absolute atomic E-state index is 0.0625. The molecular weight excluding hydrogens is 128 g/mol. The van der Waals surface area contributed by atoms with Gasteiger partial charge in [-0.1, -0.05) is 0 Å². The molecule has 3 aliphatic carbocycles. The van der Waals surface area contributed by atoms with Gasteiger partial charge in [0.2, 0.25) is 0 Å². The molecule has 0 aliphatic heterocycles. The summed E-state index contributed by atoms with van der Waals surface area (Å²) in [6.45, 7) is 0. The number of rotatable bonds is 0. The van der Waals surface area contributed by atoms with Crippen LogP contribution in [0.1, 0.15) is 12.8 Å². The Morgan fingerprint density at radius 1 is 1.33 bits per heavy atom. The number of hydrogen-bond acceptors (Lipinski definition) is 2. The van der Waals surface area contributed by atoms with Crippen LogP contribution in [0.15, 0.2) is 0 Å². The average molecular weight is 135 g/mol. The summed E-state index contributed by atoms with van der Waals surface area (Å²) in [4.78, 5) is 0. The zero-order valence-corrected chi connectivity index (χ0v) is 4.69. The monoisotopic (exact) mass is 135 g/mol. The van der Waals surface area contributed by atoms with Crippen LogP contribution >= 0.6 is 0 Å². The van der Waals surface area contributed by atoms with E-state index in [2.05, 4.69) is 0 Å². The zero-order chi connectivity index (χ0) is 6.91. The molecule has 0 radical (unpaired) electrons. The molecule has 0 aromatic carbocycles. The molecule has 0 aromatic heterocycles. The van der Waals surface area contributed by atoms with Gasteiger partial charge < -0.3 is 10.8 Å². The standard InChI is InChI=1S/C5H7F2NO/c6-5(7)3(8)1-4(5,9)2-3/h9H,1-2,8H2. The van der Waals surface area contributed by atoms with Crippen molar-refractivity contribution < 1.29 is 13.9 Å². The van der Waals surface area contributed by atoms with Gasteiger partial charge >= 0.3 is 0 Å². The van der Waals surface area contributed by atoms with Crippen molar-refractivity contribution in [1.82, 2.24) is 0 Å². The van der Waals surface area contributed by atoms with E-state index in [0.717, 1.165) is 0 Å². The normalized spacial score (nSPS) is 60.0. The zero-order valence-electron chi connectivity index (χ0n) is 4.69. The highest BCUT2D eigenvalue weighted by molar-refractivity contribution is 5.35. The third kappa shape index (κ3) is 0.293. The Labute approximate surface area is 50.7 Å². The lowest BCUT2D eigenvalue weighted by atomic mass is 9.43. The first-order chi connectivity index (χ1) is 3.91. The second-order valence-corrected chi connectivity index (χ2v) is 3.12. The Balaban J connectivity index is 2.31. The van der Waals surface area contributed by atoms with Gasteiger partial charge in [0.1, 0.15) is 5.60 Å². The summed E-state index contributed by atoms with van der Waals surface area (Å²) in [6.07, 6.45) is 0.125. The molecular formula is C5H7F2NO. The first-order valence-electron chi connectivity index (χ1n) is 2.80. The van der Waals surface area contributed by atoms with Crippen molar-refractivity contribution in [3.63, 3.8) is 0 Å². The van der Waals surface area contributed by atoms with Crippen LogP contribution < -0.4 is 5.73 Å². The Hall–Kier alpha value is -0.220. The lowest BCUT2D eigenvalue weighted by Crippen LogP contribution is -2.91. The highest BCUT2D eigenvalue weighted by atomic mass is 19.3. The highest BCUT2D eigenvalue weighted by Crippen LogP contribution is 2.68. The molecule has 4 heteroatoms. The van der Waals surface area contributed by atoms with Crippen LogP contribution in [0, 0.1) is 0 Å². The molecule has 3 aliphatic rings. The first-order valence-corrected chi connectivity index (χ1v) is 2.80. The molecule has 9 heavy (non-hydrogen) atoms. The molecule has 0 heterocycles. The average Bonchev–Trinajstić information content (AvgIpc) is 1.64. The Kier molecular flexibility index (Phi) is 0.564. The number of halogens is 2. The molecule has 52 valence electrons. The molecule has 3 N–H and O–H groups in total. The van der Waals surface area contributed by atoms with Gasteiger partial charge in [-0.2, -0.15) is 0 Å². The van der Waals surface area contributed by atoms with E-state index in [1.165, 1.54) is 0 Å². The summed E-state index contributed by atoms with van der Waals surface area (Å²) in [7, 11) is 0. The van der Waals surface area contributed by atoms with Crippen LogP contribution in [-0.4, -0.2) is 22.2 Å². The predicted molar refractivity (Wildman–Crippen MR) is 26.0 cm³/mol. The van der Waals surface area contributed by atoms with E-state index in [4.69, 9.17) is 10.8 Å². The van der Waals surface area contributed by atoms with Crippen molar-refractivity contribution in [3.05, 3.63) is 0 Å². The van der Waals surface area contributed by atoms with Gasteiger partial charge in [-0.15, -0.1) is 0 Å². The van der Waals surface area contributed by atoms with Gasteiger partial charge in [-0.25, -0.2) is 8.78 Å². The van der Waals surface area contributed by atoms with Gasteiger partial charge in [0.25, 0.3) is 5.92 Å². The molecule has 3 rings (SSSR count). The van der Waals surface area contributed by atoms with Crippen LogP contribution in [0.3, 0.4) is 0 Å². The second kappa shape index (κ2) is 0.914. The Morgan fingerprint density at radius 2 is 1.78 bits per heavy atom. The van der Waals surface area contributed by atoms with Crippen LogP contribution in [0.2, 0.25) is 0 Å². The summed E-state index contributed by atoms with van der Waals surface area (Å²) in [5, 5.41) is 8.84. The van der Waals surface area contributed by atoms with E-state index in [0.29, 0.717) is 0 Å². The van der Waals surface area contributed by atoms with E-state index in [1.807, 2.05) is 0 Å². The smallest absolute Gasteiger partial charge is 0.294 e. The van der Waals surface area contributed by atoms with Crippen molar-refractivity contribution in [2.45, 2.75) is 29.9 Å². The third-order valence-electron chi connectivity index (χ3n) is 2.43. The van der Waals surface area contributed by atoms with E-state index in [-0.39, 0.29) is 12.8 Å². The number of hydrogen-bond donors (Lipinski definition) is 2. The van der Waals surface area contributed by atoms with E-state index in [9.17, 15) is 8.78 Å². The van der Waals surface area contributed by atoms with Crippen molar-refractivity contribution >= 4 is 0 Å². The Morgan fingerprint density at radius 3 is 1.78 bits per heavy atom. The summed E-state index contributed by atoms with van der Waals surface area (Å²) in [6, 6.07) is 0. The molecule has 0 atom stereocenters. The van der Waals surface area contributed by atoms with Crippen molar-refractivity contribution in [2.75, 3.05) is 0 Å². The van der Waals surface area contributed by atoms with Gasteiger partial charge in [0, 0.05) is 12.8 Å². The van der Waals surface area contributed by atoms with Gasteiger partial charge in [0.05, 0.1) is 5.54 Å². The maximum Gasteiger partial charge on any atom is 0.294 e. The number of aliphatic hydroxyl groups is 1.